The molecular weight excluding hydrogens is 456 g/mol. The quantitative estimate of drug-likeness (QED) is 0.118. The second-order valence-corrected chi connectivity index (χ2v) is 10.8. The summed E-state index contributed by atoms with van der Waals surface area (Å²) in [6.07, 6.45) is 12.7. The van der Waals surface area contributed by atoms with Gasteiger partial charge in [0.2, 0.25) is 0 Å². The van der Waals surface area contributed by atoms with Gasteiger partial charge in [0, 0.05) is 0 Å². The van der Waals surface area contributed by atoms with E-state index < -0.39 is 0 Å². The fraction of sp³-hybridized carbons (Fsp3) is 0.316. The molecule has 0 saturated heterocycles. The van der Waals surface area contributed by atoms with Gasteiger partial charge in [0.05, 0.1) is 0 Å². The van der Waals surface area contributed by atoms with Crippen LogP contribution in [-0.4, -0.2) is 0 Å². The van der Waals surface area contributed by atoms with E-state index in [2.05, 4.69) is 111 Å². The van der Waals surface area contributed by atoms with E-state index in [0.717, 1.165) is 6.42 Å². The van der Waals surface area contributed by atoms with Crippen LogP contribution in [0.1, 0.15) is 76.3 Å². The summed E-state index contributed by atoms with van der Waals surface area (Å²) in [6.45, 7) is 4.61. The summed E-state index contributed by atoms with van der Waals surface area (Å²) in [5.41, 5.74) is 8.58. The van der Waals surface area contributed by atoms with Gasteiger partial charge >= 0.3 is 0 Å². The molecule has 0 aromatic heterocycles. The Morgan fingerprint density at radius 1 is 0.421 bits per heavy atom. The van der Waals surface area contributed by atoms with E-state index in [9.17, 15) is 0 Å². The normalized spacial score (nSPS) is 11.4. The molecule has 5 aromatic rings. The van der Waals surface area contributed by atoms with Crippen molar-refractivity contribution in [1.82, 2.24) is 0 Å². The first-order valence-electron chi connectivity index (χ1n) is 14.9. The number of aryl methyl sites for hydroxylation is 2. The Hall–Kier alpha value is -3.38. The SMILES string of the molecule is CCCCCCc1ccc2c(-c3ccccc3)c3ccccc3c(-c3ccccc3)c2c1CCCCCC. The fourth-order valence-corrected chi connectivity index (χ4v) is 6.19. The van der Waals surface area contributed by atoms with Crippen molar-refractivity contribution < 1.29 is 0 Å². The molecular formula is C38H42. The highest BCUT2D eigenvalue weighted by atomic mass is 14.2. The molecule has 0 spiro atoms. The van der Waals surface area contributed by atoms with Crippen molar-refractivity contribution in [1.29, 1.82) is 0 Å². The Labute approximate surface area is 229 Å². The summed E-state index contributed by atoms with van der Waals surface area (Å²) in [7, 11) is 0. The maximum absolute atomic E-state index is 2.47. The van der Waals surface area contributed by atoms with Crippen molar-refractivity contribution in [3.8, 4) is 22.3 Å². The number of hydrogen-bond acceptors (Lipinski definition) is 0. The zero-order valence-corrected chi connectivity index (χ0v) is 23.3. The Morgan fingerprint density at radius 2 is 0.947 bits per heavy atom. The molecule has 0 heteroatoms. The van der Waals surface area contributed by atoms with Crippen LogP contribution in [0, 0.1) is 0 Å². The molecule has 0 atom stereocenters. The molecule has 0 N–H and O–H groups in total. The fourth-order valence-electron chi connectivity index (χ4n) is 6.19. The summed E-state index contributed by atoms with van der Waals surface area (Å²) in [6, 6.07) is 36.2. The molecule has 0 nitrogen and oxygen atoms in total. The Kier molecular flexibility index (Phi) is 8.92. The maximum Gasteiger partial charge on any atom is -0.00235 e. The van der Waals surface area contributed by atoms with Gasteiger partial charge in [-0.3, -0.25) is 0 Å². The van der Waals surface area contributed by atoms with Gasteiger partial charge in [-0.25, -0.2) is 0 Å². The van der Waals surface area contributed by atoms with Gasteiger partial charge in [-0.05, 0) is 80.6 Å². The third-order valence-electron chi connectivity index (χ3n) is 8.10. The zero-order valence-electron chi connectivity index (χ0n) is 23.3. The lowest BCUT2D eigenvalue weighted by atomic mass is 9.81. The van der Waals surface area contributed by atoms with Crippen molar-refractivity contribution in [3.63, 3.8) is 0 Å². The molecule has 0 amide bonds. The smallest absolute Gasteiger partial charge is 0.00235 e. The Morgan fingerprint density at radius 3 is 1.55 bits per heavy atom. The molecule has 0 heterocycles. The summed E-state index contributed by atoms with van der Waals surface area (Å²) in [5.74, 6) is 0. The molecule has 194 valence electrons. The predicted molar refractivity (Wildman–Crippen MR) is 168 cm³/mol. The third-order valence-corrected chi connectivity index (χ3v) is 8.10. The predicted octanol–water partition coefficient (Wildman–Crippen LogP) is 11.6. The Bertz CT molecular complexity index is 1460. The molecule has 0 unspecified atom stereocenters. The van der Waals surface area contributed by atoms with E-state index in [1.54, 1.807) is 11.1 Å². The molecule has 0 radical (unpaired) electrons. The minimum atomic E-state index is 1.16. The molecule has 0 aliphatic carbocycles. The van der Waals surface area contributed by atoms with E-state index in [4.69, 9.17) is 0 Å². The second kappa shape index (κ2) is 12.9. The second-order valence-electron chi connectivity index (χ2n) is 10.8. The minimum absolute atomic E-state index is 1.16. The monoisotopic (exact) mass is 498 g/mol. The number of rotatable bonds is 12. The van der Waals surface area contributed by atoms with Crippen molar-refractivity contribution in [2.75, 3.05) is 0 Å². The topological polar surface area (TPSA) is 0 Å². The van der Waals surface area contributed by atoms with Crippen LogP contribution in [0.3, 0.4) is 0 Å². The lowest BCUT2D eigenvalue weighted by Crippen LogP contribution is -2.01. The number of hydrogen-bond donors (Lipinski definition) is 0. The van der Waals surface area contributed by atoms with Gasteiger partial charge in [-0.1, -0.05) is 149 Å². The lowest BCUT2D eigenvalue weighted by Gasteiger charge is -2.22. The highest BCUT2D eigenvalue weighted by molar-refractivity contribution is 6.22. The third kappa shape index (κ3) is 5.56. The maximum atomic E-state index is 2.47. The van der Waals surface area contributed by atoms with E-state index in [0.29, 0.717) is 0 Å². The van der Waals surface area contributed by atoms with Gasteiger partial charge < -0.3 is 0 Å². The van der Waals surface area contributed by atoms with Crippen LogP contribution in [0.25, 0.3) is 43.8 Å². The van der Waals surface area contributed by atoms with Crippen molar-refractivity contribution in [2.45, 2.75) is 78.1 Å². The molecule has 38 heavy (non-hydrogen) atoms. The minimum Gasteiger partial charge on any atom is -0.0654 e. The lowest BCUT2D eigenvalue weighted by molar-refractivity contribution is 0.652. The van der Waals surface area contributed by atoms with Crippen molar-refractivity contribution in [3.05, 3.63) is 108 Å². The molecule has 0 bridgehead atoms. The molecule has 5 rings (SSSR count). The van der Waals surface area contributed by atoms with Gasteiger partial charge in [-0.15, -0.1) is 0 Å². The van der Waals surface area contributed by atoms with Crippen LogP contribution in [0.5, 0.6) is 0 Å². The van der Waals surface area contributed by atoms with Crippen LogP contribution < -0.4 is 0 Å². The highest BCUT2D eigenvalue weighted by Gasteiger charge is 2.20. The molecule has 0 fully saturated rings. The molecule has 0 aliphatic heterocycles. The van der Waals surface area contributed by atoms with Gasteiger partial charge in [0.15, 0.2) is 0 Å². The molecule has 0 saturated carbocycles. The van der Waals surface area contributed by atoms with Crippen LogP contribution in [0.4, 0.5) is 0 Å². The number of fused-ring (bicyclic) bond motifs is 2. The van der Waals surface area contributed by atoms with Gasteiger partial charge in [0.25, 0.3) is 0 Å². The Balaban J connectivity index is 1.84. The van der Waals surface area contributed by atoms with E-state index in [1.807, 2.05) is 0 Å². The first kappa shape index (κ1) is 26.2. The van der Waals surface area contributed by atoms with Crippen molar-refractivity contribution in [2.24, 2.45) is 0 Å². The standard InChI is InChI=1S/C38H42/c1-3-5-7-11-19-29-27-28-35-36(30-20-12-9-13-21-30)33-25-17-18-26-34(33)37(31-22-14-10-15-23-31)38(35)32(29)24-16-8-6-4-2/h9-10,12-15,17-18,20-23,25-28H,3-8,11,16,19,24H2,1-2H3. The first-order chi connectivity index (χ1) is 18.8. The van der Waals surface area contributed by atoms with E-state index in [1.165, 1.54) is 102 Å². The van der Waals surface area contributed by atoms with Gasteiger partial charge in [0.1, 0.15) is 0 Å². The summed E-state index contributed by atoms with van der Waals surface area (Å²) in [4.78, 5) is 0. The van der Waals surface area contributed by atoms with Gasteiger partial charge in [-0.2, -0.15) is 0 Å². The zero-order chi connectivity index (χ0) is 26.2. The summed E-state index contributed by atoms with van der Waals surface area (Å²) < 4.78 is 0. The van der Waals surface area contributed by atoms with Crippen LogP contribution in [0.2, 0.25) is 0 Å². The number of benzene rings is 5. The van der Waals surface area contributed by atoms with Crippen LogP contribution in [-0.2, 0) is 12.8 Å². The average molecular weight is 499 g/mol. The number of unbranched alkanes of at least 4 members (excludes halogenated alkanes) is 6. The van der Waals surface area contributed by atoms with Crippen LogP contribution in [0.15, 0.2) is 97.1 Å². The summed E-state index contributed by atoms with van der Waals surface area (Å²) >= 11 is 0. The van der Waals surface area contributed by atoms with E-state index >= 15 is 0 Å². The molecule has 0 aliphatic rings. The highest BCUT2D eigenvalue weighted by Crippen LogP contribution is 2.46. The average Bonchev–Trinajstić information content (AvgIpc) is 2.97. The van der Waals surface area contributed by atoms with Crippen molar-refractivity contribution >= 4 is 21.5 Å². The first-order valence-corrected chi connectivity index (χ1v) is 14.9. The summed E-state index contributed by atoms with van der Waals surface area (Å²) in [5, 5.41) is 5.59. The van der Waals surface area contributed by atoms with Crippen LogP contribution >= 0.6 is 0 Å². The molecule has 5 aromatic carbocycles. The largest absolute Gasteiger partial charge is 0.0654 e. The van der Waals surface area contributed by atoms with E-state index in [-0.39, 0.29) is 0 Å².